The number of aromatic nitrogens is 3. The first-order valence-corrected chi connectivity index (χ1v) is 5.52. The van der Waals surface area contributed by atoms with E-state index >= 15 is 0 Å². The van der Waals surface area contributed by atoms with E-state index in [2.05, 4.69) is 21.5 Å². The van der Waals surface area contributed by atoms with Crippen LogP contribution in [0.25, 0.3) is 16.5 Å². The zero-order valence-corrected chi connectivity index (χ0v) is 9.27. The van der Waals surface area contributed by atoms with Gasteiger partial charge in [-0.3, -0.25) is 9.67 Å². The summed E-state index contributed by atoms with van der Waals surface area (Å²) in [4.78, 5) is 4.30. The molecule has 1 aliphatic rings. The molecule has 3 rings (SSSR count). The van der Waals surface area contributed by atoms with Gasteiger partial charge in [0.2, 0.25) is 0 Å². The van der Waals surface area contributed by atoms with Gasteiger partial charge in [-0.1, -0.05) is 6.08 Å². The summed E-state index contributed by atoms with van der Waals surface area (Å²) in [5.74, 6) is 0. The molecule has 0 saturated heterocycles. The van der Waals surface area contributed by atoms with Gasteiger partial charge in [0.25, 0.3) is 0 Å². The SMILES string of the molecule is Cn1ncc2c(C3=CCNCC3)cncc21. The van der Waals surface area contributed by atoms with E-state index in [1.54, 1.807) is 0 Å². The van der Waals surface area contributed by atoms with Gasteiger partial charge >= 0.3 is 0 Å². The molecule has 0 fully saturated rings. The Morgan fingerprint density at radius 2 is 2.25 bits per heavy atom. The second-order valence-corrected chi connectivity index (χ2v) is 4.07. The van der Waals surface area contributed by atoms with Crippen LogP contribution in [0.4, 0.5) is 0 Å². The summed E-state index contributed by atoms with van der Waals surface area (Å²) in [6.07, 6.45) is 9.05. The average molecular weight is 214 g/mol. The van der Waals surface area contributed by atoms with Crippen LogP contribution in [0.3, 0.4) is 0 Å². The van der Waals surface area contributed by atoms with Crippen LogP contribution in [0.1, 0.15) is 12.0 Å². The van der Waals surface area contributed by atoms with Crippen molar-refractivity contribution in [3.8, 4) is 0 Å². The van der Waals surface area contributed by atoms with Crippen LogP contribution < -0.4 is 5.32 Å². The molecule has 4 heteroatoms. The second kappa shape index (κ2) is 3.72. The first-order chi connectivity index (χ1) is 7.86. The van der Waals surface area contributed by atoms with E-state index in [1.165, 1.54) is 16.5 Å². The molecule has 0 aliphatic carbocycles. The van der Waals surface area contributed by atoms with Gasteiger partial charge in [0.1, 0.15) is 0 Å². The topological polar surface area (TPSA) is 42.7 Å². The van der Waals surface area contributed by atoms with E-state index in [0.29, 0.717) is 0 Å². The van der Waals surface area contributed by atoms with E-state index in [1.807, 2.05) is 30.3 Å². The molecule has 82 valence electrons. The molecule has 1 N–H and O–H groups in total. The quantitative estimate of drug-likeness (QED) is 0.779. The van der Waals surface area contributed by atoms with Gasteiger partial charge in [-0.05, 0) is 18.5 Å². The van der Waals surface area contributed by atoms with Crippen molar-refractivity contribution in [1.82, 2.24) is 20.1 Å². The highest BCUT2D eigenvalue weighted by Gasteiger charge is 2.11. The maximum Gasteiger partial charge on any atom is 0.0868 e. The molecule has 2 aromatic rings. The highest BCUT2D eigenvalue weighted by Crippen LogP contribution is 2.26. The van der Waals surface area contributed by atoms with Crippen LogP contribution in [-0.2, 0) is 7.05 Å². The van der Waals surface area contributed by atoms with Crippen molar-refractivity contribution in [2.75, 3.05) is 13.1 Å². The smallest absolute Gasteiger partial charge is 0.0868 e. The van der Waals surface area contributed by atoms with Crippen LogP contribution >= 0.6 is 0 Å². The summed E-state index contributed by atoms with van der Waals surface area (Å²) in [6.45, 7) is 1.99. The number of pyridine rings is 1. The van der Waals surface area contributed by atoms with E-state index < -0.39 is 0 Å². The fourth-order valence-electron chi connectivity index (χ4n) is 2.18. The van der Waals surface area contributed by atoms with E-state index in [4.69, 9.17) is 0 Å². The Bertz CT molecular complexity index is 553. The third-order valence-electron chi connectivity index (χ3n) is 3.09. The molecule has 0 spiro atoms. The first-order valence-electron chi connectivity index (χ1n) is 5.52. The summed E-state index contributed by atoms with van der Waals surface area (Å²) in [5, 5.41) is 8.80. The molecule has 0 atom stereocenters. The summed E-state index contributed by atoms with van der Waals surface area (Å²) in [5.41, 5.74) is 3.70. The van der Waals surface area contributed by atoms with Crippen molar-refractivity contribution in [1.29, 1.82) is 0 Å². The van der Waals surface area contributed by atoms with Gasteiger partial charge in [-0.15, -0.1) is 0 Å². The van der Waals surface area contributed by atoms with E-state index in [-0.39, 0.29) is 0 Å². The minimum absolute atomic E-state index is 0.950. The number of hydrogen-bond acceptors (Lipinski definition) is 3. The molecule has 2 aromatic heterocycles. The van der Waals surface area contributed by atoms with Crippen LogP contribution in [-0.4, -0.2) is 27.9 Å². The first kappa shape index (κ1) is 9.54. The number of fused-ring (bicyclic) bond motifs is 1. The standard InChI is InChI=1S/C12H14N4/c1-16-12-8-14-6-10(11(12)7-15-16)9-2-4-13-5-3-9/h2,6-8,13H,3-5H2,1H3. The van der Waals surface area contributed by atoms with Crippen molar-refractivity contribution in [3.05, 3.63) is 30.2 Å². The summed E-state index contributed by atoms with van der Waals surface area (Å²) >= 11 is 0. The predicted molar refractivity (Wildman–Crippen MR) is 64.0 cm³/mol. The van der Waals surface area contributed by atoms with Gasteiger partial charge in [0.15, 0.2) is 0 Å². The van der Waals surface area contributed by atoms with Gasteiger partial charge < -0.3 is 5.32 Å². The molecule has 4 nitrogen and oxygen atoms in total. The lowest BCUT2D eigenvalue weighted by atomic mass is 9.99. The zero-order valence-electron chi connectivity index (χ0n) is 9.27. The molecule has 0 bridgehead atoms. The molecule has 0 radical (unpaired) electrons. The summed E-state index contributed by atoms with van der Waals surface area (Å²) in [7, 11) is 1.95. The van der Waals surface area contributed by atoms with Crippen molar-refractivity contribution < 1.29 is 0 Å². The van der Waals surface area contributed by atoms with Gasteiger partial charge in [-0.25, -0.2) is 0 Å². The fraction of sp³-hybridized carbons (Fsp3) is 0.333. The highest BCUT2D eigenvalue weighted by atomic mass is 15.2. The fourth-order valence-corrected chi connectivity index (χ4v) is 2.18. The number of nitrogens with one attached hydrogen (secondary N) is 1. The van der Waals surface area contributed by atoms with Crippen LogP contribution in [0.5, 0.6) is 0 Å². The van der Waals surface area contributed by atoms with Crippen LogP contribution in [0, 0.1) is 0 Å². The third kappa shape index (κ3) is 1.42. The largest absolute Gasteiger partial charge is 0.313 e. The molecule has 16 heavy (non-hydrogen) atoms. The Kier molecular flexibility index (Phi) is 2.22. The molecule has 0 unspecified atom stereocenters. The Morgan fingerprint density at radius 3 is 3.06 bits per heavy atom. The lowest BCUT2D eigenvalue weighted by molar-refractivity contribution is 0.739. The monoisotopic (exact) mass is 214 g/mol. The number of rotatable bonds is 1. The highest BCUT2D eigenvalue weighted by molar-refractivity contribution is 5.91. The lowest BCUT2D eigenvalue weighted by Gasteiger charge is -2.14. The van der Waals surface area contributed by atoms with E-state index in [0.717, 1.165) is 25.0 Å². The van der Waals surface area contributed by atoms with Crippen LogP contribution in [0.15, 0.2) is 24.7 Å². The molecular formula is C12H14N4. The second-order valence-electron chi connectivity index (χ2n) is 4.07. The third-order valence-corrected chi connectivity index (χ3v) is 3.09. The van der Waals surface area contributed by atoms with Crippen molar-refractivity contribution in [2.45, 2.75) is 6.42 Å². The maximum atomic E-state index is 4.30. The van der Waals surface area contributed by atoms with Gasteiger partial charge in [-0.2, -0.15) is 5.10 Å². The molecule has 0 aromatic carbocycles. The van der Waals surface area contributed by atoms with Crippen LogP contribution in [0.2, 0.25) is 0 Å². The van der Waals surface area contributed by atoms with Crippen molar-refractivity contribution >= 4 is 16.5 Å². The summed E-state index contributed by atoms with van der Waals surface area (Å²) < 4.78 is 1.87. The minimum atomic E-state index is 0.950. The molecule has 1 aliphatic heterocycles. The van der Waals surface area contributed by atoms with Crippen molar-refractivity contribution in [2.24, 2.45) is 7.05 Å². The van der Waals surface area contributed by atoms with Gasteiger partial charge in [0, 0.05) is 30.7 Å². The Labute approximate surface area is 94.0 Å². The number of nitrogens with zero attached hydrogens (tertiary/aromatic N) is 3. The maximum absolute atomic E-state index is 4.30. The predicted octanol–water partition coefficient (Wildman–Crippen LogP) is 1.34. The summed E-state index contributed by atoms with van der Waals surface area (Å²) in [6, 6.07) is 0. The van der Waals surface area contributed by atoms with E-state index in [9.17, 15) is 0 Å². The Morgan fingerprint density at radius 1 is 1.31 bits per heavy atom. The average Bonchev–Trinajstić information content (AvgIpc) is 2.73. The zero-order chi connectivity index (χ0) is 11.0. The van der Waals surface area contributed by atoms with Gasteiger partial charge in [0.05, 0.1) is 17.9 Å². The molecule has 0 amide bonds. The molecular weight excluding hydrogens is 200 g/mol. The number of aryl methyl sites for hydroxylation is 1. The number of hydrogen-bond donors (Lipinski definition) is 1. The Balaban J connectivity index is 2.19. The van der Waals surface area contributed by atoms with Crippen molar-refractivity contribution in [3.63, 3.8) is 0 Å². The lowest BCUT2D eigenvalue weighted by Crippen LogP contribution is -2.20. The Hall–Kier alpha value is -1.68. The molecule has 0 saturated carbocycles. The normalized spacial score (nSPS) is 16.4. The minimum Gasteiger partial charge on any atom is -0.313 e. The molecule has 3 heterocycles.